The lowest BCUT2D eigenvalue weighted by atomic mass is 9.81. The van der Waals surface area contributed by atoms with Crippen LogP contribution in [0.2, 0.25) is 0 Å². The summed E-state index contributed by atoms with van der Waals surface area (Å²) in [5, 5.41) is 9.83. The molecule has 0 unspecified atom stereocenters. The average Bonchev–Trinajstić information content (AvgIpc) is 3.50. The fourth-order valence-corrected chi connectivity index (χ4v) is 6.34. The second-order valence-corrected chi connectivity index (χ2v) is 10.2. The van der Waals surface area contributed by atoms with Crippen LogP contribution in [0.25, 0.3) is 0 Å². The predicted octanol–water partition coefficient (Wildman–Crippen LogP) is 5.60. The van der Waals surface area contributed by atoms with Gasteiger partial charge in [-0.2, -0.15) is 13.2 Å². The number of fused-ring (bicyclic) bond motifs is 1. The van der Waals surface area contributed by atoms with Crippen LogP contribution in [0.15, 0.2) is 36.4 Å². The second-order valence-electron chi connectivity index (χ2n) is 10.2. The highest BCUT2D eigenvalue weighted by molar-refractivity contribution is 5.97. The Bertz CT molecular complexity index is 1190. The van der Waals surface area contributed by atoms with Gasteiger partial charge in [-0.15, -0.1) is 0 Å². The molecule has 0 aromatic heterocycles. The van der Waals surface area contributed by atoms with Crippen molar-refractivity contribution in [1.82, 2.24) is 9.80 Å². The maximum absolute atomic E-state index is 14.0. The van der Waals surface area contributed by atoms with Gasteiger partial charge in [0.05, 0.1) is 24.8 Å². The highest BCUT2D eigenvalue weighted by Gasteiger charge is 2.47. The lowest BCUT2D eigenvalue weighted by Crippen LogP contribution is -2.41. The monoisotopic (exact) mass is 516 g/mol. The number of carbonyl (C=O) groups is 2. The van der Waals surface area contributed by atoms with Gasteiger partial charge in [0.25, 0.3) is 11.8 Å². The quantitative estimate of drug-likeness (QED) is 0.575. The normalized spacial score (nSPS) is 22.3. The maximum atomic E-state index is 14.0. The first-order chi connectivity index (χ1) is 17.7. The van der Waals surface area contributed by atoms with Gasteiger partial charge in [-0.1, -0.05) is 25.3 Å². The molecule has 2 atom stereocenters. The third-order valence-electron chi connectivity index (χ3n) is 8.18. The first kappa shape index (κ1) is 25.4. The summed E-state index contributed by atoms with van der Waals surface area (Å²) in [6.07, 6.45) is 0.959. The smallest absolute Gasteiger partial charge is 0.416 e. The van der Waals surface area contributed by atoms with E-state index in [1.807, 2.05) is 0 Å². The minimum atomic E-state index is -4.53. The number of phenols is 1. The van der Waals surface area contributed by atoms with Crippen molar-refractivity contribution in [2.75, 3.05) is 20.2 Å². The van der Waals surface area contributed by atoms with Crippen LogP contribution in [0, 0.1) is 0 Å². The molecule has 0 radical (unpaired) electrons. The van der Waals surface area contributed by atoms with Gasteiger partial charge in [-0.25, -0.2) is 0 Å². The van der Waals surface area contributed by atoms with Crippen molar-refractivity contribution in [2.45, 2.75) is 69.1 Å². The van der Waals surface area contributed by atoms with Crippen molar-refractivity contribution in [2.24, 2.45) is 0 Å². The van der Waals surface area contributed by atoms with E-state index in [1.54, 1.807) is 9.80 Å². The molecule has 3 fully saturated rings. The highest BCUT2D eigenvalue weighted by atomic mass is 19.4. The molecule has 9 heteroatoms. The van der Waals surface area contributed by atoms with E-state index in [9.17, 15) is 27.9 Å². The van der Waals surface area contributed by atoms with Gasteiger partial charge in [0.2, 0.25) is 0 Å². The molecule has 6 nitrogen and oxygen atoms in total. The molecular weight excluding hydrogens is 485 g/mol. The number of hydrogen-bond donors (Lipinski definition) is 1. The summed E-state index contributed by atoms with van der Waals surface area (Å²) >= 11 is 0. The van der Waals surface area contributed by atoms with E-state index in [4.69, 9.17) is 4.74 Å². The summed E-state index contributed by atoms with van der Waals surface area (Å²) in [7, 11) is 1.40. The second kappa shape index (κ2) is 9.91. The molecule has 1 saturated carbocycles. The first-order valence-corrected chi connectivity index (χ1v) is 12.9. The van der Waals surface area contributed by atoms with Crippen molar-refractivity contribution in [3.05, 3.63) is 58.7 Å². The van der Waals surface area contributed by atoms with Gasteiger partial charge in [0, 0.05) is 24.2 Å². The van der Waals surface area contributed by atoms with Crippen LogP contribution < -0.4 is 4.74 Å². The molecule has 1 aliphatic carbocycles. The Morgan fingerprint density at radius 3 is 2.00 bits per heavy atom. The molecular formula is C28H31F3N2O4. The van der Waals surface area contributed by atoms with Crippen LogP contribution in [0.4, 0.5) is 13.2 Å². The van der Waals surface area contributed by atoms with Crippen molar-refractivity contribution < 1.29 is 32.6 Å². The van der Waals surface area contributed by atoms with E-state index in [1.165, 1.54) is 37.4 Å². The van der Waals surface area contributed by atoms with E-state index in [2.05, 4.69) is 0 Å². The van der Waals surface area contributed by atoms with Crippen LogP contribution in [0.5, 0.6) is 11.5 Å². The molecule has 2 heterocycles. The number of ether oxygens (including phenoxy) is 1. The summed E-state index contributed by atoms with van der Waals surface area (Å²) in [4.78, 5) is 30.0. The summed E-state index contributed by atoms with van der Waals surface area (Å²) in [6.45, 7) is 0.818. The van der Waals surface area contributed by atoms with E-state index >= 15 is 0 Å². The third-order valence-corrected chi connectivity index (χ3v) is 8.18. The molecule has 5 rings (SSSR count). The van der Waals surface area contributed by atoms with Crippen molar-refractivity contribution in [3.8, 4) is 11.5 Å². The first-order valence-electron chi connectivity index (χ1n) is 12.9. The van der Waals surface area contributed by atoms with Gasteiger partial charge in [0.1, 0.15) is 0 Å². The van der Waals surface area contributed by atoms with Crippen molar-refractivity contribution >= 4 is 11.8 Å². The Hall–Kier alpha value is -3.23. The molecule has 2 aliphatic heterocycles. The minimum Gasteiger partial charge on any atom is -0.504 e. The summed E-state index contributed by atoms with van der Waals surface area (Å²) in [5.74, 6) is -0.644. The van der Waals surface area contributed by atoms with Gasteiger partial charge >= 0.3 is 6.18 Å². The average molecular weight is 517 g/mol. The largest absolute Gasteiger partial charge is 0.504 e. The molecule has 1 N–H and O–H groups in total. The number of nitrogens with zero attached hydrogens (tertiary/aromatic N) is 2. The number of phenolic OH excluding ortho intramolecular Hbond substituents is 1. The Kier molecular flexibility index (Phi) is 6.81. The number of rotatable bonds is 4. The molecule has 2 aromatic carbocycles. The van der Waals surface area contributed by atoms with E-state index in [-0.39, 0.29) is 41.0 Å². The molecule has 37 heavy (non-hydrogen) atoms. The summed E-state index contributed by atoms with van der Waals surface area (Å²) in [5.41, 5.74) is 0.00397. The molecule has 0 spiro atoms. The van der Waals surface area contributed by atoms with Gasteiger partial charge in [-0.3, -0.25) is 9.59 Å². The van der Waals surface area contributed by atoms with Gasteiger partial charge in [0.15, 0.2) is 11.5 Å². The Morgan fingerprint density at radius 2 is 1.43 bits per heavy atom. The zero-order chi connectivity index (χ0) is 26.3. The zero-order valence-corrected chi connectivity index (χ0v) is 20.8. The Morgan fingerprint density at radius 1 is 0.865 bits per heavy atom. The number of aromatic hydroxyl groups is 1. The van der Waals surface area contributed by atoms with E-state index in [0.717, 1.165) is 38.2 Å². The molecule has 2 saturated heterocycles. The Labute approximate surface area is 214 Å². The van der Waals surface area contributed by atoms with Crippen LogP contribution in [-0.4, -0.2) is 59.0 Å². The topological polar surface area (TPSA) is 70.1 Å². The molecule has 0 bridgehead atoms. The number of benzene rings is 2. The SMILES string of the molecule is COc1cc(C(=O)N2CC[C@@H]3[C@@H]2CCN3C(=O)c2ccc(C3CCCCC3)c(C(F)(F)F)c2)ccc1O. The summed E-state index contributed by atoms with van der Waals surface area (Å²) < 4.78 is 47.2. The predicted molar refractivity (Wildman–Crippen MR) is 131 cm³/mol. The van der Waals surface area contributed by atoms with Crippen LogP contribution in [-0.2, 0) is 6.18 Å². The molecule has 2 amide bonds. The number of alkyl halides is 3. The number of hydrogen-bond acceptors (Lipinski definition) is 4. The lowest BCUT2D eigenvalue weighted by molar-refractivity contribution is -0.138. The number of halogens is 3. The Balaban J connectivity index is 1.35. The van der Waals surface area contributed by atoms with E-state index < -0.39 is 17.6 Å². The minimum absolute atomic E-state index is 0.0422. The lowest BCUT2D eigenvalue weighted by Gasteiger charge is -2.27. The van der Waals surface area contributed by atoms with Crippen molar-refractivity contribution in [1.29, 1.82) is 0 Å². The fraction of sp³-hybridized carbons (Fsp3) is 0.500. The van der Waals surface area contributed by atoms with Gasteiger partial charge < -0.3 is 19.6 Å². The zero-order valence-electron chi connectivity index (χ0n) is 20.8. The van der Waals surface area contributed by atoms with E-state index in [0.29, 0.717) is 37.1 Å². The molecule has 3 aliphatic rings. The number of likely N-dealkylation sites (tertiary alicyclic amines) is 2. The third kappa shape index (κ3) is 4.76. The fourth-order valence-electron chi connectivity index (χ4n) is 6.34. The number of methoxy groups -OCH3 is 1. The standard InChI is InChI=1S/C28H31F3N2O4/c1-37-25-16-19(8-10-24(25)34)27(36)33-14-12-22-23(33)11-13-32(22)26(35)18-7-9-20(17-5-3-2-4-6-17)21(15-18)28(29,30)31/h7-10,15-17,22-23,34H,2-6,11-14H2,1H3/t22-,23+/m1/s1. The van der Waals surface area contributed by atoms with Crippen molar-refractivity contribution in [3.63, 3.8) is 0 Å². The van der Waals surface area contributed by atoms with Crippen LogP contribution in [0.1, 0.15) is 82.7 Å². The molecule has 198 valence electrons. The molecule has 2 aromatic rings. The van der Waals surface area contributed by atoms with Gasteiger partial charge in [-0.05, 0) is 67.5 Å². The van der Waals surface area contributed by atoms with Crippen LogP contribution in [0.3, 0.4) is 0 Å². The van der Waals surface area contributed by atoms with Crippen LogP contribution >= 0.6 is 0 Å². The highest BCUT2D eigenvalue weighted by Crippen LogP contribution is 2.42. The summed E-state index contributed by atoms with van der Waals surface area (Å²) in [6, 6.07) is 8.02. The maximum Gasteiger partial charge on any atom is 0.416 e. The number of carbonyl (C=O) groups excluding carboxylic acids is 2. The number of amides is 2.